The minimum absolute atomic E-state index is 0.120. The molecule has 1 aliphatic rings. The van der Waals surface area contributed by atoms with Crippen molar-refractivity contribution >= 4 is 29.3 Å². The molecular weight excluding hydrogens is 379 g/mol. The summed E-state index contributed by atoms with van der Waals surface area (Å²) in [4.78, 5) is 32.0. The molecule has 2 amide bonds. The number of amides is 2. The Hall–Kier alpha value is -2.55. The predicted molar refractivity (Wildman–Crippen MR) is 95.7 cm³/mol. The van der Waals surface area contributed by atoms with E-state index >= 15 is 0 Å². The lowest BCUT2D eigenvalue weighted by Crippen LogP contribution is -2.52. The van der Waals surface area contributed by atoms with Gasteiger partial charge >= 0.3 is 6.18 Å². The number of nitrogens with zero attached hydrogens (tertiary/aromatic N) is 3. The fourth-order valence-corrected chi connectivity index (χ4v) is 3.19. The third-order valence-corrected chi connectivity index (χ3v) is 4.93. The molecule has 0 spiro atoms. The molecule has 5 nitrogen and oxygen atoms in total. The van der Waals surface area contributed by atoms with Crippen molar-refractivity contribution in [2.75, 3.05) is 30.8 Å². The van der Waals surface area contributed by atoms with Gasteiger partial charge in [-0.15, -0.1) is 11.8 Å². The molecule has 3 rings (SSSR count). The number of piperazine rings is 1. The Morgan fingerprint density at radius 2 is 1.85 bits per heavy atom. The number of carbonyl (C=O) groups excluding carboxylic acids is 2. The lowest BCUT2D eigenvalue weighted by molar-refractivity contribution is -0.141. The number of carbonyl (C=O) groups is 2. The highest BCUT2D eigenvalue weighted by Crippen LogP contribution is 2.30. The van der Waals surface area contributed by atoms with E-state index in [1.165, 1.54) is 15.9 Å². The molecule has 2 heterocycles. The fourth-order valence-electron chi connectivity index (χ4n) is 2.78. The molecule has 1 aromatic carbocycles. The van der Waals surface area contributed by atoms with E-state index in [-0.39, 0.29) is 31.2 Å². The molecule has 1 fully saturated rings. The number of benzene rings is 1. The van der Waals surface area contributed by atoms with Crippen LogP contribution in [0.5, 0.6) is 0 Å². The van der Waals surface area contributed by atoms with Crippen molar-refractivity contribution in [2.45, 2.75) is 11.1 Å². The first-order chi connectivity index (χ1) is 12.8. The second-order valence-electron chi connectivity index (χ2n) is 5.90. The third-order valence-electron chi connectivity index (χ3n) is 4.19. The highest BCUT2D eigenvalue weighted by Gasteiger charge is 2.34. The zero-order valence-electron chi connectivity index (χ0n) is 14.4. The quantitative estimate of drug-likeness (QED) is 0.749. The van der Waals surface area contributed by atoms with Crippen LogP contribution >= 0.6 is 11.8 Å². The van der Waals surface area contributed by atoms with Crippen LogP contribution in [0.3, 0.4) is 0 Å². The molecule has 9 heteroatoms. The molecule has 142 valence electrons. The number of anilines is 1. The molecular formula is C18H16F3N3O2S. The second-order valence-corrected chi connectivity index (χ2v) is 6.78. The van der Waals surface area contributed by atoms with Gasteiger partial charge in [0.2, 0.25) is 5.91 Å². The first kappa shape index (κ1) is 19.2. The van der Waals surface area contributed by atoms with Crippen LogP contribution in [-0.4, -0.2) is 47.6 Å². The third kappa shape index (κ3) is 4.24. The van der Waals surface area contributed by atoms with Crippen LogP contribution in [0.1, 0.15) is 16.1 Å². The highest BCUT2D eigenvalue weighted by atomic mass is 32.2. The van der Waals surface area contributed by atoms with Crippen molar-refractivity contribution < 1.29 is 22.8 Å². The number of rotatable bonds is 3. The van der Waals surface area contributed by atoms with Crippen LogP contribution in [0.4, 0.5) is 18.9 Å². The van der Waals surface area contributed by atoms with Gasteiger partial charge in [-0.1, -0.05) is 0 Å². The van der Waals surface area contributed by atoms with Crippen LogP contribution in [-0.2, 0) is 11.0 Å². The molecule has 0 saturated carbocycles. The lowest BCUT2D eigenvalue weighted by Gasteiger charge is -2.34. The van der Waals surface area contributed by atoms with E-state index in [0.29, 0.717) is 5.56 Å². The van der Waals surface area contributed by atoms with Gasteiger partial charge in [-0.05, 0) is 42.7 Å². The largest absolute Gasteiger partial charge is 0.433 e. The summed E-state index contributed by atoms with van der Waals surface area (Å²) in [7, 11) is 0. The van der Waals surface area contributed by atoms with Crippen molar-refractivity contribution in [3.63, 3.8) is 0 Å². The van der Waals surface area contributed by atoms with E-state index in [0.717, 1.165) is 17.2 Å². The summed E-state index contributed by atoms with van der Waals surface area (Å²) >= 11 is 1.56. The summed E-state index contributed by atoms with van der Waals surface area (Å²) in [6.07, 6.45) is -1.63. The molecule has 27 heavy (non-hydrogen) atoms. The molecule has 1 saturated heterocycles. The van der Waals surface area contributed by atoms with Crippen molar-refractivity contribution in [1.29, 1.82) is 0 Å². The Labute approximate surface area is 158 Å². The maximum absolute atomic E-state index is 12.8. The predicted octanol–water partition coefficient (Wildman–Crippen LogP) is 3.31. The summed E-state index contributed by atoms with van der Waals surface area (Å²) in [6.45, 7) is 0.167. The van der Waals surface area contributed by atoms with E-state index in [9.17, 15) is 22.8 Å². The van der Waals surface area contributed by atoms with E-state index in [4.69, 9.17) is 0 Å². The first-order valence-corrected chi connectivity index (χ1v) is 9.29. The molecule has 2 aromatic rings. The van der Waals surface area contributed by atoms with Gasteiger partial charge in [-0.3, -0.25) is 14.6 Å². The van der Waals surface area contributed by atoms with Gasteiger partial charge in [0.1, 0.15) is 12.2 Å². The van der Waals surface area contributed by atoms with Gasteiger partial charge in [0.25, 0.3) is 5.91 Å². The lowest BCUT2D eigenvalue weighted by atomic mass is 10.1. The average Bonchev–Trinajstić information content (AvgIpc) is 2.67. The minimum Gasteiger partial charge on any atom is -0.328 e. The molecule has 0 unspecified atom stereocenters. The maximum atomic E-state index is 12.8. The minimum atomic E-state index is -4.58. The summed E-state index contributed by atoms with van der Waals surface area (Å²) < 4.78 is 38.5. The maximum Gasteiger partial charge on any atom is 0.433 e. The van der Waals surface area contributed by atoms with Crippen LogP contribution < -0.4 is 4.90 Å². The zero-order chi connectivity index (χ0) is 19.6. The summed E-state index contributed by atoms with van der Waals surface area (Å²) in [5.41, 5.74) is -0.462. The Morgan fingerprint density at radius 1 is 1.15 bits per heavy atom. The van der Waals surface area contributed by atoms with Crippen LogP contribution in [0.25, 0.3) is 0 Å². The van der Waals surface area contributed by atoms with Crippen molar-refractivity contribution in [2.24, 2.45) is 0 Å². The van der Waals surface area contributed by atoms with Gasteiger partial charge in [0.15, 0.2) is 0 Å². The number of alkyl halides is 3. The molecule has 0 aliphatic carbocycles. The van der Waals surface area contributed by atoms with Gasteiger partial charge < -0.3 is 9.80 Å². The van der Waals surface area contributed by atoms with Crippen LogP contribution in [0.2, 0.25) is 0 Å². The van der Waals surface area contributed by atoms with Crippen molar-refractivity contribution in [3.8, 4) is 0 Å². The molecule has 0 atom stereocenters. The number of pyridine rings is 1. The van der Waals surface area contributed by atoms with Crippen LogP contribution in [0.15, 0.2) is 47.5 Å². The fraction of sp³-hybridized carbons (Fsp3) is 0.278. The van der Waals surface area contributed by atoms with Crippen molar-refractivity contribution in [1.82, 2.24) is 9.88 Å². The Balaban J connectivity index is 1.72. The molecule has 0 bridgehead atoms. The summed E-state index contributed by atoms with van der Waals surface area (Å²) in [6, 6.07) is 9.24. The first-order valence-electron chi connectivity index (χ1n) is 8.06. The standard InChI is InChI=1S/C18H16F3N3O2S/c1-27-14-4-2-12(3-5-14)17(26)23-8-9-24(16(25)11-23)13-6-7-22-15(10-13)18(19,20)21/h2-7,10H,8-9,11H2,1H3. The highest BCUT2D eigenvalue weighted by molar-refractivity contribution is 7.98. The number of hydrogen-bond donors (Lipinski definition) is 0. The normalized spacial score (nSPS) is 15.2. The second kappa shape index (κ2) is 7.59. The summed E-state index contributed by atoms with van der Waals surface area (Å²) in [5.74, 6) is -0.712. The number of thioether (sulfide) groups is 1. The van der Waals surface area contributed by atoms with E-state index in [2.05, 4.69) is 4.98 Å². The van der Waals surface area contributed by atoms with Crippen LogP contribution in [0, 0.1) is 0 Å². The number of hydrogen-bond acceptors (Lipinski definition) is 4. The van der Waals surface area contributed by atoms with Gasteiger partial charge in [-0.2, -0.15) is 13.2 Å². The Bertz CT molecular complexity index is 856. The summed E-state index contributed by atoms with van der Waals surface area (Å²) in [5, 5.41) is 0. The smallest absolute Gasteiger partial charge is 0.328 e. The molecule has 1 aliphatic heterocycles. The zero-order valence-corrected chi connectivity index (χ0v) is 15.2. The SMILES string of the molecule is CSc1ccc(C(=O)N2CCN(c3ccnc(C(F)(F)F)c3)C(=O)C2)cc1. The average molecular weight is 395 g/mol. The van der Waals surface area contributed by atoms with Gasteiger partial charge in [-0.25, -0.2) is 0 Å². The molecule has 0 N–H and O–H groups in total. The van der Waals surface area contributed by atoms with Gasteiger partial charge in [0, 0.05) is 35.4 Å². The molecule has 0 radical (unpaired) electrons. The number of halogens is 3. The monoisotopic (exact) mass is 395 g/mol. The van der Waals surface area contributed by atoms with Gasteiger partial charge in [0.05, 0.1) is 0 Å². The van der Waals surface area contributed by atoms with E-state index in [1.54, 1.807) is 23.9 Å². The Morgan fingerprint density at radius 3 is 2.44 bits per heavy atom. The van der Waals surface area contributed by atoms with E-state index < -0.39 is 17.8 Å². The molecule has 1 aromatic heterocycles. The topological polar surface area (TPSA) is 53.5 Å². The number of aromatic nitrogens is 1. The Kier molecular flexibility index (Phi) is 5.41. The van der Waals surface area contributed by atoms with Crippen molar-refractivity contribution in [3.05, 3.63) is 53.9 Å². The van der Waals surface area contributed by atoms with E-state index in [1.807, 2.05) is 18.4 Å².